The monoisotopic (exact) mass is 269 g/mol. The first-order valence-corrected chi connectivity index (χ1v) is 7.88. The van der Waals surface area contributed by atoms with Crippen LogP contribution in [0, 0.1) is 0 Å². The van der Waals surface area contributed by atoms with Crippen LogP contribution in [0.4, 0.5) is 0 Å². The van der Waals surface area contributed by atoms with Gasteiger partial charge in [0.25, 0.3) is 5.91 Å². The molecule has 2 saturated heterocycles. The van der Waals surface area contributed by atoms with E-state index in [4.69, 9.17) is 4.74 Å². The summed E-state index contributed by atoms with van der Waals surface area (Å²) in [5.41, 5.74) is 0.840. The van der Waals surface area contributed by atoms with Crippen LogP contribution in [-0.4, -0.2) is 47.6 Å². The van der Waals surface area contributed by atoms with E-state index in [2.05, 4.69) is 4.90 Å². The molecule has 2 atom stereocenters. The second-order valence-electron chi connectivity index (χ2n) is 4.35. The standard InChI is InChI=1S/C12H15NO2S2/c14-12(9-2-5-16-8-9)13-3-6-17-11-7-15-4-1-10(11)13/h2,5,8,10-11H,1,3-4,6-7H2. The zero-order valence-corrected chi connectivity index (χ0v) is 11.1. The van der Waals surface area contributed by atoms with Crippen LogP contribution in [0.3, 0.4) is 0 Å². The highest BCUT2D eigenvalue weighted by Gasteiger charge is 2.37. The minimum absolute atomic E-state index is 0.198. The maximum atomic E-state index is 12.4. The Hall–Kier alpha value is -0.520. The molecule has 3 nitrogen and oxygen atoms in total. The van der Waals surface area contributed by atoms with E-state index in [0.717, 1.165) is 37.5 Å². The Kier molecular flexibility index (Phi) is 3.40. The lowest BCUT2D eigenvalue weighted by Crippen LogP contribution is -2.54. The van der Waals surface area contributed by atoms with Gasteiger partial charge in [0.1, 0.15) is 0 Å². The van der Waals surface area contributed by atoms with Crippen molar-refractivity contribution in [2.24, 2.45) is 0 Å². The van der Waals surface area contributed by atoms with Crippen molar-refractivity contribution in [2.45, 2.75) is 17.7 Å². The van der Waals surface area contributed by atoms with Gasteiger partial charge in [0, 0.05) is 35.6 Å². The molecule has 1 amide bonds. The molecule has 2 unspecified atom stereocenters. The predicted molar refractivity (Wildman–Crippen MR) is 70.8 cm³/mol. The van der Waals surface area contributed by atoms with Gasteiger partial charge in [0.05, 0.1) is 12.2 Å². The molecule has 0 radical (unpaired) electrons. The van der Waals surface area contributed by atoms with Crippen LogP contribution in [0.5, 0.6) is 0 Å². The molecule has 1 aromatic heterocycles. The molecule has 0 spiro atoms. The highest BCUT2D eigenvalue weighted by molar-refractivity contribution is 8.00. The van der Waals surface area contributed by atoms with Crippen LogP contribution in [0.1, 0.15) is 16.8 Å². The van der Waals surface area contributed by atoms with Gasteiger partial charge in [-0.3, -0.25) is 4.79 Å². The lowest BCUT2D eigenvalue weighted by atomic mass is 10.1. The molecule has 3 rings (SSSR count). The number of carbonyl (C=O) groups is 1. The van der Waals surface area contributed by atoms with Crippen LogP contribution < -0.4 is 0 Å². The van der Waals surface area contributed by atoms with Crippen molar-refractivity contribution >= 4 is 29.0 Å². The van der Waals surface area contributed by atoms with Crippen LogP contribution in [-0.2, 0) is 4.74 Å². The fourth-order valence-electron chi connectivity index (χ4n) is 2.49. The molecule has 2 aliphatic heterocycles. The molecule has 2 fully saturated rings. The lowest BCUT2D eigenvalue weighted by molar-refractivity contribution is 0.0319. The van der Waals surface area contributed by atoms with Gasteiger partial charge in [-0.1, -0.05) is 0 Å². The number of thiophene rings is 1. The van der Waals surface area contributed by atoms with E-state index in [0.29, 0.717) is 11.3 Å². The third kappa shape index (κ3) is 2.23. The van der Waals surface area contributed by atoms with Gasteiger partial charge >= 0.3 is 0 Å². The minimum Gasteiger partial charge on any atom is -0.380 e. The summed E-state index contributed by atoms with van der Waals surface area (Å²) < 4.78 is 5.50. The van der Waals surface area contributed by atoms with Crippen LogP contribution >= 0.6 is 23.1 Å². The van der Waals surface area contributed by atoms with E-state index in [1.807, 2.05) is 28.6 Å². The summed E-state index contributed by atoms with van der Waals surface area (Å²) in [6.45, 7) is 2.46. The Morgan fingerprint density at radius 2 is 2.47 bits per heavy atom. The zero-order valence-electron chi connectivity index (χ0n) is 9.50. The summed E-state index contributed by atoms with van der Waals surface area (Å²) in [4.78, 5) is 14.5. The first kappa shape index (κ1) is 11.6. The average molecular weight is 269 g/mol. The fourth-order valence-corrected chi connectivity index (χ4v) is 4.42. The summed E-state index contributed by atoms with van der Waals surface area (Å²) >= 11 is 3.53. The number of hydrogen-bond donors (Lipinski definition) is 0. The SMILES string of the molecule is O=C(c1ccsc1)N1CCSC2COCCC21. The number of carbonyl (C=O) groups excluding carboxylic acids is 1. The Bertz CT molecular complexity index is 391. The van der Waals surface area contributed by atoms with Crippen molar-refractivity contribution in [3.05, 3.63) is 22.4 Å². The van der Waals surface area contributed by atoms with Crippen LogP contribution in [0.15, 0.2) is 16.8 Å². The van der Waals surface area contributed by atoms with Crippen molar-refractivity contribution in [3.63, 3.8) is 0 Å². The van der Waals surface area contributed by atoms with Crippen LogP contribution in [0.25, 0.3) is 0 Å². The second kappa shape index (κ2) is 5.00. The van der Waals surface area contributed by atoms with Gasteiger partial charge in [-0.15, -0.1) is 0 Å². The normalized spacial score (nSPS) is 28.8. The molecule has 2 aliphatic rings. The van der Waals surface area contributed by atoms with Gasteiger partial charge in [0.2, 0.25) is 0 Å². The van der Waals surface area contributed by atoms with E-state index in [-0.39, 0.29) is 5.91 Å². The quantitative estimate of drug-likeness (QED) is 0.782. The molecule has 17 heavy (non-hydrogen) atoms. The molecule has 3 heterocycles. The molecule has 5 heteroatoms. The number of fused-ring (bicyclic) bond motifs is 1. The van der Waals surface area contributed by atoms with Crippen molar-refractivity contribution in [2.75, 3.05) is 25.5 Å². The Balaban J connectivity index is 1.79. The summed E-state index contributed by atoms with van der Waals surface area (Å²) in [5, 5.41) is 4.38. The third-order valence-corrected chi connectivity index (χ3v) is 5.34. The van der Waals surface area contributed by atoms with Gasteiger partial charge in [-0.25, -0.2) is 0 Å². The van der Waals surface area contributed by atoms with E-state index in [1.165, 1.54) is 0 Å². The number of thioether (sulfide) groups is 1. The molecule has 92 valence electrons. The predicted octanol–water partition coefficient (Wildman–Crippen LogP) is 2.09. The van der Waals surface area contributed by atoms with E-state index in [9.17, 15) is 4.79 Å². The summed E-state index contributed by atoms with van der Waals surface area (Å²) in [7, 11) is 0. The highest BCUT2D eigenvalue weighted by Crippen LogP contribution is 2.31. The molecular formula is C12H15NO2S2. The lowest BCUT2D eigenvalue weighted by Gasteiger charge is -2.43. The van der Waals surface area contributed by atoms with Gasteiger partial charge in [0.15, 0.2) is 0 Å². The Morgan fingerprint density at radius 1 is 1.53 bits per heavy atom. The van der Waals surface area contributed by atoms with E-state index in [1.54, 1.807) is 11.3 Å². The maximum Gasteiger partial charge on any atom is 0.255 e. The molecular weight excluding hydrogens is 254 g/mol. The fraction of sp³-hybridized carbons (Fsp3) is 0.583. The topological polar surface area (TPSA) is 29.5 Å². The number of ether oxygens (including phenoxy) is 1. The van der Waals surface area contributed by atoms with Gasteiger partial charge in [-0.2, -0.15) is 23.1 Å². The van der Waals surface area contributed by atoms with Crippen molar-refractivity contribution in [3.8, 4) is 0 Å². The molecule has 0 aromatic carbocycles. The van der Waals surface area contributed by atoms with E-state index < -0.39 is 0 Å². The zero-order chi connectivity index (χ0) is 11.7. The van der Waals surface area contributed by atoms with Crippen molar-refractivity contribution < 1.29 is 9.53 Å². The van der Waals surface area contributed by atoms with Gasteiger partial charge < -0.3 is 9.64 Å². The van der Waals surface area contributed by atoms with Gasteiger partial charge in [-0.05, 0) is 17.9 Å². The average Bonchev–Trinajstić information content (AvgIpc) is 2.91. The van der Waals surface area contributed by atoms with Crippen LogP contribution in [0.2, 0.25) is 0 Å². The Labute approximate surface area is 109 Å². The third-order valence-electron chi connectivity index (χ3n) is 3.36. The first-order valence-electron chi connectivity index (χ1n) is 5.89. The highest BCUT2D eigenvalue weighted by atomic mass is 32.2. The van der Waals surface area contributed by atoms with Crippen molar-refractivity contribution in [1.29, 1.82) is 0 Å². The number of rotatable bonds is 1. The summed E-state index contributed by atoms with van der Waals surface area (Å²) in [5.74, 6) is 1.23. The first-order chi connectivity index (χ1) is 8.36. The largest absolute Gasteiger partial charge is 0.380 e. The van der Waals surface area contributed by atoms with E-state index >= 15 is 0 Å². The minimum atomic E-state index is 0.198. The summed E-state index contributed by atoms with van der Waals surface area (Å²) in [6.07, 6.45) is 0.980. The molecule has 0 aliphatic carbocycles. The maximum absolute atomic E-state index is 12.4. The molecule has 0 N–H and O–H groups in total. The number of hydrogen-bond acceptors (Lipinski definition) is 4. The Morgan fingerprint density at radius 3 is 3.29 bits per heavy atom. The number of amides is 1. The summed E-state index contributed by atoms with van der Waals surface area (Å²) in [6, 6.07) is 2.29. The smallest absolute Gasteiger partial charge is 0.255 e. The molecule has 1 aromatic rings. The second-order valence-corrected chi connectivity index (χ2v) is 6.48. The van der Waals surface area contributed by atoms with Crippen molar-refractivity contribution in [1.82, 2.24) is 4.90 Å². The number of nitrogens with zero attached hydrogens (tertiary/aromatic N) is 1. The molecule has 0 saturated carbocycles. The molecule has 0 bridgehead atoms.